The number of aliphatic hydroxyl groups is 1. The highest BCUT2D eigenvalue weighted by Gasteiger charge is 2.31. The van der Waals surface area contributed by atoms with Crippen LogP contribution in [-0.4, -0.2) is 49.4 Å². The van der Waals surface area contributed by atoms with Gasteiger partial charge in [-0.05, 0) is 25.0 Å². The Morgan fingerprint density at radius 2 is 2.18 bits per heavy atom. The average molecular weight is 383 g/mol. The second-order valence-electron chi connectivity index (χ2n) is 6.76. The maximum Gasteiger partial charge on any atom is 0.274 e. The monoisotopic (exact) mass is 383 g/mol. The van der Waals surface area contributed by atoms with Crippen molar-refractivity contribution in [3.63, 3.8) is 0 Å². The third-order valence-corrected chi connectivity index (χ3v) is 4.91. The fourth-order valence-corrected chi connectivity index (χ4v) is 3.09. The number of aryl methyl sites for hydroxylation is 1. The zero-order valence-electron chi connectivity index (χ0n) is 15.5. The molecule has 0 aliphatic heterocycles. The Morgan fingerprint density at radius 1 is 1.36 bits per heavy atom. The number of fused-ring (bicyclic) bond motifs is 1. The first-order chi connectivity index (χ1) is 13.5. The first-order valence-corrected chi connectivity index (χ1v) is 8.96. The number of anilines is 3. The SMILES string of the molecule is CNc1cc(Nc2cccn(C)c2=O)nc2c(C(=O)NC3CC[C@H]3O)cnn12. The molecule has 1 saturated carbocycles. The minimum absolute atomic E-state index is 0.194. The molecule has 3 aromatic rings. The van der Waals surface area contributed by atoms with E-state index in [-0.39, 0.29) is 17.5 Å². The molecule has 1 aliphatic rings. The van der Waals surface area contributed by atoms with E-state index in [1.54, 1.807) is 38.5 Å². The van der Waals surface area contributed by atoms with Crippen molar-refractivity contribution < 1.29 is 9.90 Å². The molecule has 3 heterocycles. The van der Waals surface area contributed by atoms with Gasteiger partial charge < -0.3 is 25.6 Å². The van der Waals surface area contributed by atoms with Crippen LogP contribution in [0.3, 0.4) is 0 Å². The molecule has 3 aromatic heterocycles. The Kier molecular flexibility index (Phi) is 4.47. The van der Waals surface area contributed by atoms with Crippen molar-refractivity contribution in [2.45, 2.75) is 25.0 Å². The molecule has 10 nitrogen and oxygen atoms in total. The number of rotatable bonds is 5. The van der Waals surface area contributed by atoms with Gasteiger partial charge in [-0.25, -0.2) is 4.98 Å². The third kappa shape index (κ3) is 3.07. The van der Waals surface area contributed by atoms with E-state index in [9.17, 15) is 14.7 Å². The van der Waals surface area contributed by atoms with Crippen LogP contribution in [0.1, 0.15) is 23.2 Å². The molecule has 1 fully saturated rings. The van der Waals surface area contributed by atoms with Crippen molar-refractivity contribution in [2.24, 2.45) is 7.05 Å². The van der Waals surface area contributed by atoms with E-state index in [0.717, 1.165) is 6.42 Å². The lowest BCUT2D eigenvalue weighted by Gasteiger charge is -2.32. The summed E-state index contributed by atoms with van der Waals surface area (Å²) in [7, 11) is 3.39. The maximum atomic E-state index is 12.6. The molecule has 0 aromatic carbocycles. The van der Waals surface area contributed by atoms with Crippen LogP contribution >= 0.6 is 0 Å². The van der Waals surface area contributed by atoms with Gasteiger partial charge in [-0.3, -0.25) is 9.59 Å². The lowest BCUT2D eigenvalue weighted by Crippen LogP contribution is -2.50. The molecule has 1 unspecified atom stereocenters. The van der Waals surface area contributed by atoms with Crippen molar-refractivity contribution >= 4 is 28.9 Å². The van der Waals surface area contributed by atoms with Gasteiger partial charge in [0, 0.05) is 26.4 Å². The van der Waals surface area contributed by atoms with Gasteiger partial charge in [0.05, 0.1) is 18.3 Å². The Morgan fingerprint density at radius 3 is 2.86 bits per heavy atom. The van der Waals surface area contributed by atoms with Gasteiger partial charge in [-0.2, -0.15) is 9.61 Å². The Bertz CT molecular complexity index is 1100. The number of nitrogens with one attached hydrogen (secondary N) is 3. The summed E-state index contributed by atoms with van der Waals surface area (Å²) in [5.74, 6) is 0.655. The highest BCUT2D eigenvalue weighted by molar-refractivity contribution is 6.00. The van der Waals surface area contributed by atoms with Crippen molar-refractivity contribution in [3.05, 3.63) is 46.5 Å². The summed E-state index contributed by atoms with van der Waals surface area (Å²) in [4.78, 5) is 29.4. The van der Waals surface area contributed by atoms with Gasteiger partial charge in [0.25, 0.3) is 11.5 Å². The van der Waals surface area contributed by atoms with E-state index >= 15 is 0 Å². The average Bonchev–Trinajstić information content (AvgIpc) is 3.11. The number of carbonyl (C=O) groups is 1. The summed E-state index contributed by atoms with van der Waals surface area (Å²) in [5.41, 5.74) is 0.807. The molecule has 0 saturated heterocycles. The molecule has 10 heteroatoms. The van der Waals surface area contributed by atoms with E-state index in [1.807, 2.05) is 0 Å². The summed E-state index contributed by atoms with van der Waals surface area (Å²) in [6, 6.07) is 4.86. The van der Waals surface area contributed by atoms with Crippen LogP contribution in [0, 0.1) is 0 Å². The van der Waals surface area contributed by atoms with E-state index in [1.165, 1.54) is 15.3 Å². The van der Waals surface area contributed by atoms with Crippen molar-refractivity contribution in [2.75, 3.05) is 17.7 Å². The van der Waals surface area contributed by atoms with Crippen LogP contribution in [0.4, 0.5) is 17.3 Å². The van der Waals surface area contributed by atoms with Crippen molar-refractivity contribution in [1.29, 1.82) is 0 Å². The van der Waals surface area contributed by atoms with Crippen LogP contribution in [0.5, 0.6) is 0 Å². The highest BCUT2D eigenvalue weighted by atomic mass is 16.3. The summed E-state index contributed by atoms with van der Waals surface area (Å²) in [6.45, 7) is 0. The number of nitrogens with zero attached hydrogens (tertiary/aromatic N) is 4. The second-order valence-corrected chi connectivity index (χ2v) is 6.76. The molecule has 2 atom stereocenters. The van der Waals surface area contributed by atoms with Crippen LogP contribution in [-0.2, 0) is 7.05 Å². The van der Waals surface area contributed by atoms with E-state index in [4.69, 9.17) is 0 Å². The third-order valence-electron chi connectivity index (χ3n) is 4.91. The predicted molar refractivity (Wildman–Crippen MR) is 104 cm³/mol. The number of aromatic nitrogens is 4. The zero-order chi connectivity index (χ0) is 19.8. The van der Waals surface area contributed by atoms with E-state index < -0.39 is 6.10 Å². The van der Waals surface area contributed by atoms with E-state index in [0.29, 0.717) is 35.0 Å². The van der Waals surface area contributed by atoms with Gasteiger partial charge in [0.15, 0.2) is 5.65 Å². The summed E-state index contributed by atoms with van der Waals surface area (Å²) in [6.07, 6.45) is 4.01. The van der Waals surface area contributed by atoms with Gasteiger partial charge >= 0.3 is 0 Å². The van der Waals surface area contributed by atoms with Crippen LogP contribution < -0.4 is 21.5 Å². The molecule has 0 spiro atoms. The first kappa shape index (κ1) is 18.0. The van der Waals surface area contributed by atoms with Crippen LogP contribution in [0.2, 0.25) is 0 Å². The number of pyridine rings is 1. The molecule has 0 radical (unpaired) electrons. The normalized spacial score (nSPS) is 18.5. The Balaban J connectivity index is 1.71. The van der Waals surface area contributed by atoms with Gasteiger partial charge in [-0.1, -0.05) is 0 Å². The molecule has 1 amide bonds. The molecule has 4 rings (SSSR count). The number of carbonyl (C=O) groups excluding carboxylic acids is 1. The zero-order valence-corrected chi connectivity index (χ0v) is 15.5. The lowest BCUT2D eigenvalue weighted by atomic mass is 9.89. The molecular weight excluding hydrogens is 362 g/mol. The smallest absolute Gasteiger partial charge is 0.274 e. The van der Waals surface area contributed by atoms with Crippen LogP contribution in [0.15, 0.2) is 35.4 Å². The van der Waals surface area contributed by atoms with Gasteiger partial charge in [0.1, 0.15) is 22.9 Å². The van der Waals surface area contributed by atoms with Gasteiger partial charge in [-0.15, -0.1) is 0 Å². The summed E-state index contributed by atoms with van der Waals surface area (Å²) < 4.78 is 2.97. The Labute approximate surface area is 160 Å². The van der Waals surface area contributed by atoms with Gasteiger partial charge in [0.2, 0.25) is 0 Å². The number of amides is 1. The highest BCUT2D eigenvalue weighted by Crippen LogP contribution is 2.23. The quantitative estimate of drug-likeness (QED) is 0.504. The molecule has 1 aliphatic carbocycles. The number of aliphatic hydroxyl groups excluding tert-OH is 1. The van der Waals surface area contributed by atoms with E-state index in [2.05, 4.69) is 26.0 Å². The minimum Gasteiger partial charge on any atom is -0.391 e. The topological polar surface area (TPSA) is 126 Å². The second kappa shape index (κ2) is 6.97. The lowest BCUT2D eigenvalue weighted by molar-refractivity contribution is 0.0448. The summed E-state index contributed by atoms with van der Waals surface area (Å²) >= 11 is 0. The standard InChI is InChI=1S/C18H21N7O3/c1-19-15-8-14(21-12-4-3-7-24(2)18(12)28)23-16-10(9-20-25(15)16)17(27)22-11-5-6-13(11)26/h3-4,7-9,11,13,19,26H,5-6H2,1-2H3,(H,21,23)(H,22,27)/t11?,13-/m1/s1. The number of hydrogen-bond acceptors (Lipinski definition) is 7. The summed E-state index contributed by atoms with van der Waals surface area (Å²) in [5, 5.41) is 22.8. The van der Waals surface area contributed by atoms with Crippen LogP contribution in [0.25, 0.3) is 5.65 Å². The molecule has 28 heavy (non-hydrogen) atoms. The largest absolute Gasteiger partial charge is 0.391 e. The maximum absolute atomic E-state index is 12.6. The number of hydrogen-bond donors (Lipinski definition) is 4. The molecular formula is C18H21N7O3. The first-order valence-electron chi connectivity index (χ1n) is 8.96. The molecule has 146 valence electrons. The molecule has 4 N–H and O–H groups in total. The molecule has 0 bridgehead atoms. The van der Waals surface area contributed by atoms with Crippen molar-refractivity contribution in [3.8, 4) is 0 Å². The fourth-order valence-electron chi connectivity index (χ4n) is 3.09. The minimum atomic E-state index is -0.516. The van der Waals surface area contributed by atoms with Crippen molar-refractivity contribution in [1.82, 2.24) is 24.5 Å². The predicted octanol–water partition coefficient (Wildman–Crippen LogP) is 0.466. The Hall–Kier alpha value is -3.40. The fraction of sp³-hybridized carbons (Fsp3) is 0.333.